The fraction of sp³-hybridized carbons (Fsp3) is 0.304. The molecule has 2 aromatic rings. The number of benzene rings is 2. The molecule has 0 spiro atoms. The molecule has 1 saturated carbocycles. The minimum Gasteiger partial charge on any atom is -0.345 e. The van der Waals surface area contributed by atoms with Crippen LogP contribution in [0.4, 0.5) is 4.39 Å². The third-order valence-electron chi connectivity index (χ3n) is 5.84. The van der Waals surface area contributed by atoms with E-state index in [1.54, 1.807) is 31.2 Å². The topological polar surface area (TPSA) is 83.6 Å². The molecule has 0 bridgehead atoms. The van der Waals surface area contributed by atoms with Gasteiger partial charge in [0.05, 0.1) is 30.6 Å². The van der Waals surface area contributed by atoms with Gasteiger partial charge in [-0.25, -0.2) is 4.39 Å². The van der Waals surface area contributed by atoms with E-state index in [0.29, 0.717) is 5.02 Å². The van der Waals surface area contributed by atoms with Crippen molar-refractivity contribution in [1.82, 2.24) is 10.2 Å². The van der Waals surface area contributed by atoms with Crippen molar-refractivity contribution < 1.29 is 23.6 Å². The van der Waals surface area contributed by atoms with E-state index < -0.39 is 23.7 Å². The molecule has 8 heteroatoms. The van der Waals surface area contributed by atoms with Crippen molar-refractivity contribution in [1.29, 1.82) is 0 Å². The quantitative estimate of drug-likeness (QED) is 0.733. The number of hydrogen-bond donors (Lipinski definition) is 1. The molecule has 2 aromatic carbocycles. The van der Waals surface area contributed by atoms with Crippen molar-refractivity contribution in [2.45, 2.75) is 44.8 Å². The second-order valence-electron chi connectivity index (χ2n) is 7.87. The predicted octanol–water partition coefficient (Wildman–Crippen LogP) is 3.62. The summed E-state index contributed by atoms with van der Waals surface area (Å²) in [5.74, 6) is -2.30. The molecular weight excluding hydrogens is 423 g/mol. The number of hydrogen-bond acceptors (Lipinski definition) is 4. The summed E-state index contributed by atoms with van der Waals surface area (Å²) in [7, 11) is 0. The van der Waals surface area contributed by atoms with Crippen LogP contribution >= 0.6 is 11.6 Å². The zero-order valence-electron chi connectivity index (χ0n) is 16.8. The van der Waals surface area contributed by atoms with E-state index in [9.17, 15) is 19.2 Å². The molecule has 1 aliphatic carbocycles. The van der Waals surface area contributed by atoms with Gasteiger partial charge in [-0.3, -0.25) is 19.2 Å². The lowest BCUT2D eigenvalue weighted by atomic mass is 9.92. The highest BCUT2D eigenvalue weighted by molar-refractivity contribution is 6.30. The fourth-order valence-electron chi connectivity index (χ4n) is 4.10. The summed E-state index contributed by atoms with van der Waals surface area (Å²) < 4.78 is 15.2. The van der Waals surface area contributed by atoms with Gasteiger partial charge in [-0.15, -0.1) is 0 Å². The Morgan fingerprint density at radius 2 is 1.87 bits per heavy atom. The van der Waals surface area contributed by atoms with Gasteiger partial charge in [-0.2, -0.15) is 0 Å². The highest BCUT2D eigenvalue weighted by Crippen LogP contribution is 2.32. The van der Waals surface area contributed by atoms with E-state index in [1.807, 2.05) is 0 Å². The third-order valence-corrected chi connectivity index (χ3v) is 6.09. The van der Waals surface area contributed by atoms with E-state index in [2.05, 4.69) is 5.32 Å². The van der Waals surface area contributed by atoms with Crippen molar-refractivity contribution in [3.8, 4) is 0 Å². The first-order valence-corrected chi connectivity index (χ1v) is 10.4. The number of halogens is 2. The highest BCUT2D eigenvalue weighted by Gasteiger charge is 2.40. The van der Waals surface area contributed by atoms with Crippen molar-refractivity contribution in [3.05, 3.63) is 69.5 Å². The van der Waals surface area contributed by atoms with Crippen LogP contribution in [0.15, 0.2) is 36.4 Å². The second-order valence-corrected chi connectivity index (χ2v) is 8.31. The molecule has 1 unspecified atom stereocenters. The monoisotopic (exact) mass is 442 g/mol. The van der Waals surface area contributed by atoms with Crippen LogP contribution < -0.4 is 5.32 Å². The lowest BCUT2D eigenvalue weighted by Gasteiger charge is -2.29. The number of carbonyl (C=O) groups excluding carboxylic acids is 4. The van der Waals surface area contributed by atoms with E-state index >= 15 is 4.39 Å². The van der Waals surface area contributed by atoms with Crippen LogP contribution in [0.3, 0.4) is 0 Å². The van der Waals surface area contributed by atoms with E-state index in [4.69, 9.17) is 11.6 Å². The van der Waals surface area contributed by atoms with Gasteiger partial charge in [-0.05, 0) is 43.2 Å². The first kappa shape index (κ1) is 21.2. The third kappa shape index (κ3) is 3.97. The Balaban J connectivity index is 1.54. The van der Waals surface area contributed by atoms with Gasteiger partial charge in [0.25, 0.3) is 11.8 Å². The molecule has 2 atom stereocenters. The second kappa shape index (κ2) is 8.23. The smallest absolute Gasteiger partial charge is 0.255 e. The average molecular weight is 443 g/mol. The number of ketones is 2. The van der Waals surface area contributed by atoms with Crippen LogP contribution in [0.2, 0.25) is 5.02 Å². The standard InChI is InChI=1S/C23H20ClFN2O4/c1-12(13-2-4-14(24)5-3-13)26-22(30)17-8-7-16-18(21(17)25)11-27(23(16)31)19-9-6-15(28)10-20(19)29/h2-5,7-8,12,19H,6,9-11H2,1H3,(H,26,30)/t12-,19?/m0/s1. The lowest BCUT2D eigenvalue weighted by molar-refractivity contribution is -0.133. The maximum atomic E-state index is 15.2. The number of carbonyl (C=O) groups is 4. The summed E-state index contributed by atoms with van der Waals surface area (Å²) in [6.07, 6.45) is 0.254. The number of amides is 2. The normalized spacial score (nSPS) is 19.4. The largest absolute Gasteiger partial charge is 0.345 e. The molecular formula is C23H20ClFN2O4. The SMILES string of the molecule is C[C@H](NC(=O)c1ccc2c(c1F)CN(C1CCC(=O)CC1=O)C2=O)c1ccc(Cl)cc1. The fourth-order valence-corrected chi connectivity index (χ4v) is 4.22. The van der Waals surface area contributed by atoms with Gasteiger partial charge in [0.2, 0.25) is 0 Å². The summed E-state index contributed by atoms with van der Waals surface area (Å²) in [6.45, 7) is 1.67. The summed E-state index contributed by atoms with van der Waals surface area (Å²) in [5, 5.41) is 3.32. The van der Waals surface area contributed by atoms with E-state index in [1.165, 1.54) is 17.0 Å². The first-order valence-electron chi connectivity index (χ1n) is 9.99. The molecule has 0 aromatic heterocycles. The molecule has 1 N–H and O–H groups in total. The molecule has 160 valence electrons. The Hall–Kier alpha value is -3.06. The van der Waals surface area contributed by atoms with E-state index in [0.717, 1.165) is 5.56 Å². The first-order chi connectivity index (χ1) is 14.8. The number of rotatable bonds is 4. The van der Waals surface area contributed by atoms with Crippen LogP contribution in [0.25, 0.3) is 0 Å². The predicted molar refractivity (Wildman–Crippen MR) is 111 cm³/mol. The van der Waals surface area contributed by atoms with Crippen molar-refractivity contribution in [3.63, 3.8) is 0 Å². The maximum absolute atomic E-state index is 15.2. The Morgan fingerprint density at radius 1 is 1.16 bits per heavy atom. The molecule has 1 aliphatic heterocycles. The van der Waals surface area contributed by atoms with Crippen LogP contribution in [0.1, 0.15) is 64.1 Å². The Morgan fingerprint density at radius 3 is 2.55 bits per heavy atom. The van der Waals surface area contributed by atoms with Gasteiger partial charge in [0, 0.05) is 22.6 Å². The maximum Gasteiger partial charge on any atom is 0.255 e. The Bertz CT molecular complexity index is 1100. The summed E-state index contributed by atoms with van der Waals surface area (Å²) >= 11 is 5.88. The van der Waals surface area contributed by atoms with Crippen molar-refractivity contribution in [2.24, 2.45) is 0 Å². The summed E-state index contributed by atoms with van der Waals surface area (Å²) in [6, 6.07) is 8.54. The minimum absolute atomic E-state index is 0.0986. The number of nitrogens with one attached hydrogen (secondary N) is 1. The Kier molecular flexibility index (Phi) is 5.62. The molecule has 31 heavy (non-hydrogen) atoms. The van der Waals surface area contributed by atoms with Crippen molar-refractivity contribution in [2.75, 3.05) is 0 Å². The lowest BCUT2D eigenvalue weighted by Crippen LogP contribution is -2.44. The number of Topliss-reactive ketones (excluding diaryl/α,β-unsaturated/α-hetero) is 2. The van der Waals surface area contributed by atoms with Gasteiger partial charge < -0.3 is 10.2 Å². The highest BCUT2D eigenvalue weighted by atomic mass is 35.5. The molecule has 2 amide bonds. The number of nitrogens with zero attached hydrogens (tertiary/aromatic N) is 1. The summed E-state index contributed by atoms with van der Waals surface area (Å²) in [5.41, 5.74) is 0.886. The molecule has 0 saturated heterocycles. The summed E-state index contributed by atoms with van der Waals surface area (Å²) in [4.78, 5) is 50.5. The molecule has 2 aliphatic rings. The van der Waals surface area contributed by atoms with Gasteiger partial charge in [-0.1, -0.05) is 23.7 Å². The molecule has 0 radical (unpaired) electrons. The molecule has 1 heterocycles. The molecule has 4 rings (SSSR count). The average Bonchev–Trinajstić information content (AvgIpc) is 3.06. The van der Waals surface area contributed by atoms with Crippen LogP contribution in [0.5, 0.6) is 0 Å². The zero-order chi connectivity index (χ0) is 22.3. The van der Waals surface area contributed by atoms with Gasteiger partial charge >= 0.3 is 0 Å². The molecule has 6 nitrogen and oxygen atoms in total. The van der Waals surface area contributed by atoms with Gasteiger partial charge in [0.1, 0.15) is 11.6 Å². The van der Waals surface area contributed by atoms with Crippen LogP contribution in [0, 0.1) is 5.82 Å². The van der Waals surface area contributed by atoms with Crippen LogP contribution in [-0.4, -0.2) is 34.3 Å². The van der Waals surface area contributed by atoms with Crippen LogP contribution in [-0.2, 0) is 16.1 Å². The number of fused-ring (bicyclic) bond motifs is 1. The Labute approximate surface area is 183 Å². The van der Waals surface area contributed by atoms with Crippen molar-refractivity contribution >= 4 is 35.0 Å². The minimum atomic E-state index is -0.770. The zero-order valence-corrected chi connectivity index (χ0v) is 17.5. The molecule has 1 fully saturated rings. The van der Waals surface area contributed by atoms with Gasteiger partial charge in [0.15, 0.2) is 5.78 Å². The van der Waals surface area contributed by atoms with E-state index in [-0.39, 0.29) is 60.1 Å².